The molecule has 0 radical (unpaired) electrons. The number of aryl methyl sites for hydroxylation is 1. The molecular formula is C23H30ClN5S. The number of hydrogen-bond acceptors (Lipinski definition) is 4. The maximum atomic E-state index is 6.27. The first-order valence-electron chi connectivity index (χ1n) is 11.0. The van der Waals surface area contributed by atoms with E-state index in [9.17, 15) is 0 Å². The van der Waals surface area contributed by atoms with E-state index in [2.05, 4.69) is 38.7 Å². The maximum Gasteiger partial charge on any atom is 0.231 e. The molecule has 5 nitrogen and oxygen atoms in total. The number of nitrogens with one attached hydrogen (secondary N) is 2. The summed E-state index contributed by atoms with van der Waals surface area (Å²) in [5.74, 6) is 1.55. The molecule has 0 amide bonds. The van der Waals surface area contributed by atoms with E-state index >= 15 is 0 Å². The van der Waals surface area contributed by atoms with Crippen molar-refractivity contribution >= 4 is 40.7 Å². The second kappa shape index (κ2) is 9.48. The Kier molecular flexibility index (Phi) is 6.74. The van der Waals surface area contributed by atoms with Gasteiger partial charge in [0, 0.05) is 41.8 Å². The summed E-state index contributed by atoms with van der Waals surface area (Å²) in [4.78, 5) is 11.6. The quantitative estimate of drug-likeness (QED) is 0.617. The molecule has 2 N–H and O–H groups in total. The molecule has 160 valence electrons. The molecule has 0 unspecified atom stereocenters. The van der Waals surface area contributed by atoms with Gasteiger partial charge in [-0.25, -0.2) is 4.98 Å². The highest BCUT2D eigenvalue weighted by Crippen LogP contribution is 2.41. The molecule has 2 fully saturated rings. The van der Waals surface area contributed by atoms with Crippen LogP contribution in [0.25, 0.3) is 0 Å². The molecule has 2 aliphatic rings. The lowest BCUT2D eigenvalue weighted by atomic mass is 9.79. The van der Waals surface area contributed by atoms with Gasteiger partial charge in [-0.3, -0.25) is 0 Å². The van der Waals surface area contributed by atoms with Crippen LogP contribution in [0.4, 0.5) is 11.8 Å². The van der Waals surface area contributed by atoms with Gasteiger partial charge in [0.2, 0.25) is 5.95 Å². The number of benzene rings is 1. The Labute approximate surface area is 189 Å². The highest BCUT2D eigenvalue weighted by molar-refractivity contribution is 7.80. The largest absolute Gasteiger partial charge is 0.361 e. The van der Waals surface area contributed by atoms with Crippen LogP contribution in [-0.4, -0.2) is 34.7 Å². The van der Waals surface area contributed by atoms with Crippen LogP contribution in [0.5, 0.6) is 0 Å². The first-order valence-corrected chi connectivity index (χ1v) is 11.7. The van der Waals surface area contributed by atoms with Crippen molar-refractivity contribution < 1.29 is 0 Å². The molecule has 7 heteroatoms. The van der Waals surface area contributed by atoms with Gasteiger partial charge >= 0.3 is 0 Å². The Morgan fingerprint density at radius 3 is 2.60 bits per heavy atom. The molecule has 1 aliphatic heterocycles. The topological polar surface area (TPSA) is 53.1 Å². The van der Waals surface area contributed by atoms with Crippen LogP contribution in [0.2, 0.25) is 5.02 Å². The molecule has 30 heavy (non-hydrogen) atoms. The van der Waals surface area contributed by atoms with E-state index in [0.29, 0.717) is 11.1 Å². The standard InChI is InChI=1S/C23H30ClN5S/c1-17-14-20(29-12-5-2-6-13-29)27-21(26-17)28-22(30)25-16-23(10-3-4-11-23)18-8-7-9-19(24)15-18/h7-9,14-15H,2-6,10-13,16H2,1H3,(H2,25,26,27,28,30). The molecule has 0 atom stereocenters. The van der Waals surface area contributed by atoms with E-state index in [1.54, 1.807) is 0 Å². The Balaban J connectivity index is 1.42. The minimum absolute atomic E-state index is 0.0725. The third-order valence-electron chi connectivity index (χ3n) is 6.33. The average Bonchev–Trinajstić information content (AvgIpc) is 3.23. The first kappa shape index (κ1) is 21.3. The summed E-state index contributed by atoms with van der Waals surface area (Å²) in [5.41, 5.74) is 2.31. The van der Waals surface area contributed by atoms with E-state index in [-0.39, 0.29) is 5.41 Å². The van der Waals surface area contributed by atoms with E-state index in [0.717, 1.165) is 49.0 Å². The molecule has 0 bridgehead atoms. The number of rotatable bonds is 5. The Bertz CT molecular complexity index is 891. The van der Waals surface area contributed by atoms with Crippen molar-refractivity contribution in [1.82, 2.24) is 15.3 Å². The summed E-state index contributed by atoms with van der Waals surface area (Å²) >= 11 is 11.9. The number of thiocarbonyl (C=S) groups is 1. The lowest BCUT2D eigenvalue weighted by molar-refractivity contribution is 0.435. The van der Waals surface area contributed by atoms with Crippen molar-refractivity contribution in [1.29, 1.82) is 0 Å². The van der Waals surface area contributed by atoms with Crippen LogP contribution in [-0.2, 0) is 5.41 Å². The number of aromatic nitrogens is 2. The van der Waals surface area contributed by atoms with Gasteiger partial charge in [0.15, 0.2) is 5.11 Å². The smallest absolute Gasteiger partial charge is 0.231 e. The maximum absolute atomic E-state index is 6.27. The zero-order valence-electron chi connectivity index (χ0n) is 17.6. The van der Waals surface area contributed by atoms with Gasteiger partial charge in [0.05, 0.1) is 0 Å². The first-order chi connectivity index (χ1) is 14.5. The summed E-state index contributed by atoms with van der Waals surface area (Å²) in [7, 11) is 0. The van der Waals surface area contributed by atoms with Gasteiger partial charge in [-0.1, -0.05) is 36.6 Å². The van der Waals surface area contributed by atoms with E-state index < -0.39 is 0 Å². The highest BCUT2D eigenvalue weighted by atomic mass is 35.5. The lowest BCUT2D eigenvalue weighted by Gasteiger charge is -2.31. The minimum Gasteiger partial charge on any atom is -0.361 e. The normalized spacial score (nSPS) is 18.3. The molecule has 1 aromatic carbocycles. The zero-order valence-corrected chi connectivity index (χ0v) is 19.2. The summed E-state index contributed by atoms with van der Waals surface area (Å²) in [6.07, 6.45) is 8.48. The van der Waals surface area contributed by atoms with Crippen LogP contribution in [0, 0.1) is 6.92 Å². The van der Waals surface area contributed by atoms with Crippen LogP contribution in [0.15, 0.2) is 30.3 Å². The van der Waals surface area contributed by atoms with Crippen molar-refractivity contribution in [2.75, 3.05) is 29.9 Å². The number of hydrogen-bond donors (Lipinski definition) is 2. The van der Waals surface area contributed by atoms with Crippen LogP contribution >= 0.6 is 23.8 Å². The fraction of sp³-hybridized carbons (Fsp3) is 0.522. The molecule has 2 aromatic rings. The van der Waals surface area contributed by atoms with Gasteiger partial charge in [0.1, 0.15) is 5.82 Å². The predicted molar refractivity (Wildman–Crippen MR) is 129 cm³/mol. The van der Waals surface area contributed by atoms with E-state index in [1.807, 2.05) is 19.1 Å². The second-order valence-corrected chi connectivity index (χ2v) is 9.39. The van der Waals surface area contributed by atoms with Gasteiger partial charge < -0.3 is 15.5 Å². The van der Waals surface area contributed by atoms with Crippen molar-refractivity contribution in [3.63, 3.8) is 0 Å². The summed E-state index contributed by atoms with van der Waals surface area (Å²) in [6, 6.07) is 10.3. The van der Waals surface area contributed by atoms with Crippen molar-refractivity contribution in [2.45, 2.75) is 57.3 Å². The van der Waals surface area contributed by atoms with Crippen LogP contribution in [0.3, 0.4) is 0 Å². The molecule has 2 heterocycles. The number of nitrogens with zero attached hydrogens (tertiary/aromatic N) is 3. The number of anilines is 2. The SMILES string of the molecule is Cc1cc(N2CCCCC2)nc(NC(=S)NCC2(c3cccc(Cl)c3)CCCC2)n1. The molecule has 1 saturated carbocycles. The second-order valence-electron chi connectivity index (χ2n) is 8.54. The van der Waals surface area contributed by atoms with Crippen molar-refractivity contribution in [2.24, 2.45) is 0 Å². The highest BCUT2D eigenvalue weighted by Gasteiger charge is 2.35. The zero-order chi connectivity index (χ0) is 21.0. The third-order valence-corrected chi connectivity index (χ3v) is 6.81. The fourth-order valence-corrected chi connectivity index (χ4v) is 5.08. The Morgan fingerprint density at radius 1 is 1.10 bits per heavy atom. The molecular weight excluding hydrogens is 414 g/mol. The third kappa shape index (κ3) is 5.03. The molecule has 0 spiro atoms. The van der Waals surface area contributed by atoms with Gasteiger partial charge in [-0.05, 0) is 68.9 Å². The predicted octanol–water partition coefficient (Wildman–Crippen LogP) is 5.23. The molecule has 4 rings (SSSR count). The summed E-state index contributed by atoms with van der Waals surface area (Å²) < 4.78 is 0. The lowest BCUT2D eigenvalue weighted by Crippen LogP contribution is -2.41. The Morgan fingerprint density at radius 2 is 1.87 bits per heavy atom. The summed E-state index contributed by atoms with van der Waals surface area (Å²) in [5, 5.41) is 8.00. The number of halogens is 1. The van der Waals surface area contributed by atoms with Gasteiger partial charge in [-0.2, -0.15) is 4.98 Å². The minimum atomic E-state index is 0.0725. The van der Waals surface area contributed by atoms with Crippen molar-refractivity contribution in [3.8, 4) is 0 Å². The van der Waals surface area contributed by atoms with Gasteiger partial charge in [-0.15, -0.1) is 0 Å². The summed E-state index contributed by atoms with van der Waals surface area (Å²) in [6.45, 7) is 4.90. The van der Waals surface area contributed by atoms with Gasteiger partial charge in [0.25, 0.3) is 0 Å². The fourth-order valence-electron chi connectivity index (χ4n) is 4.73. The van der Waals surface area contributed by atoms with E-state index in [1.165, 1.54) is 37.7 Å². The monoisotopic (exact) mass is 443 g/mol. The van der Waals surface area contributed by atoms with Crippen molar-refractivity contribution in [3.05, 3.63) is 46.6 Å². The molecule has 1 aliphatic carbocycles. The average molecular weight is 444 g/mol. The number of piperidine rings is 1. The molecule has 1 aromatic heterocycles. The molecule has 1 saturated heterocycles. The Hall–Kier alpha value is -1.92. The van der Waals surface area contributed by atoms with E-state index in [4.69, 9.17) is 28.8 Å². The van der Waals surface area contributed by atoms with Crippen LogP contribution < -0.4 is 15.5 Å². The van der Waals surface area contributed by atoms with Crippen LogP contribution in [0.1, 0.15) is 56.2 Å².